The fourth-order valence-electron chi connectivity index (χ4n) is 2.09. The molecule has 1 heterocycles. The Morgan fingerprint density at radius 3 is 2.21 bits per heavy atom. The summed E-state index contributed by atoms with van der Waals surface area (Å²) >= 11 is 11.3. The predicted octanol–water partition coefficient (Wildman–Crippen LogP) is 4.47. The van der Waals surface area contributed by atoms with Gasteiger partial charge in [-0.25, -0.2) is 0 Å². The van der Waals surface area contributed by atoms with Gasteiger partial charge in [-0.2, -0.15) is 0 Å². The monoisotopic (exact) mass is 292 g/mol. The third kappa shape index (κ3) is 2.15. The fraction of sp³-hybridized carbons (Fsp3) is 0.0714. The summed E-state index contributed by atoms with van der Waals surface area (Å²) in [6.07, 6.45) is 0. The molecule has 3 rings (SSSR count). The summed E-state index contributed by atoms with van der Waals surface area (Å²) in [5.41, 5.74) is 3.90. The van der Waals surface area contributed by atoms with Gasteiger partial charge in [-0.3, -0.25) is 4.79 Å². The van der Waals surface area contributed by atoms with E-state index in [0.29, 0.717) is 11.3 Å². The zero-order chi connectivity index (χ0) is 13.4. The highest BCUT2D eigenvalue weighted by Crippen LogP contribution is 2.40. The van der Waals surface area contributed by atoms with Crippen LogP contribution in [0.2, 0.25) is 0 Å². The second-order valence-corrected chi connectivity index (χ2v) is 5.28. The van der Waals surface area contributed by atoms with Crippen molar-refractivity contribution in [1.82, 2.24) is 0 Å². The Morgan fingerprint density at radius 1 is 0.895 bits per heavy atom. The molecule has 5 heteroatoms. The number of para-hydroxylation sites is 3. The lowest BCUT2D eigenvalue weighted by molar-refractivity contribution is 0.101. The standard InChI is InChI=1S/C14H10Cl2N2O/c15-14(16)13(19)8-4-3-7-11-12(8)18-10-6-2-1-5-9(10)17-11/h1-7,14,17-18H. The van der Waals surface area contributed by atoms with E-state index in [1.165, 1.54) is 0 Å². The number of rotatable bonds is 2. The van der Waals surface area contributed by atoms with E-state index in [0.717, 1.165) is 17.1 Å². The van der Waals surface area contributed by atoms with Crippen LogP contribution in [0.15, 0.2) is 42.5 Å². The molecule has 1 aliphatic heterocycles. The van der Waals surface area contributed by atoms with E-state index < -0.39 is 4.84 Å². The van der Waals surface area contributed by atoms with Crippen LogP contribution in [0.5, 0.6) is 0 Å². The number of halogens is 2. The molecular weight excluding hydrogens is 283 g/mol. The normalized spacial score (nSPS) is 12.2. The number of fused-ring (bicyclic) bond motifs is 2. The maximum absolute atomic E-state index is 12.0. The van der Waals surface area contributed by atoms with E-state index in [4.69, 9.17) is 23.2 Å². The molecule has 0 saturated carbocycles. The van der Waals surface area contributed by atoms with Crippen LogP contribution in [0.4, 0.5) is 22.7 Å². The molecule has 0 spiro atoms. The average molecular weight is 293 g/mol. The topological polar surface area (TPSA) is 41.1 Å². The van der Waals surface area contributed by atoms with E-state index in [1.807, 2.05) is 30.3 Å². The highest BCUT2D eigenvalue weighted by molar-refractivity contribution is 6.55. The van der Waals surface area contributed by atoms with Gasteiger partial charge < -0.3 is 10.6 Å². The van der Waals surface area contributed by atoms with Crippen molar-refractivity contribution in [2.45, 2.75) is 4.84 Å². The molecule has 2 aromatic rings. The van der Waals surface area contributed by atoms with Gasteiger partial charge in [0, 0.05) is 5.56 Å². The molecule has 1 aliphatic rings. The van der Waals surface area contributed by atoms with Crippen molar-refractivity contribution in [2.24, 2.45) is 0 Å². The third-order valence-electron chi connectivity index (χ3n) is 2.98. The molecule has 3 nitrogen and oxygen atoms in total. The van der Waals surface area contributed by atoms with Gasteiger partial charge in [0.2, 0.25) is 0 Å². The zero-order valence-electron chi connectivity index (χ0n) is 9.78. The Balaban J connectivity index is 2.09. The molecule has 0 aromatic heterocycles. The molecule has 96 valence electrons. The van der Waals surface area contributed by atoms with Crippen molar-refractivity contribution in [1.29, 1.82) is 0 Å². The number of hydrogen-bond acceptors (Lipinski definition) is 3. The van der Waals surface area contributed by atoms with E-state index in [9.17, 15) is 4.79 Å². The number of carbonyl (C=O) groups is 1. The van der Waals surface area contributed by atoms with Crippen LogP contribution in [0.1, 0.15) is 10.4 Å². The number of benzene rings is 2. The quantitative estimate of drug-likeness (QED) is 0.541. The van der Waals surface area contributed by atoms with Crippen molar-refractivity contribution in [2.75, 3.05) is 10.6 Å². The lowest BCUT2D eigenvalue weighted by atomic mass is 10.0. The molecule has 2 aromatic carbocycles. The van der Waals surface area contributed by atoms with Crippen LogP contribution in [-0.4, -0.2) is 10.6 Å². The second kappa shape index (κ2) is 4.76. The molecule has 0 unspecified atom stereocenters. The summed E-state index contributed by atoms with van der Waals surface area (Å²) in [5, 5.41) is 6.52. The average Bonchev–Trinajstić information content (AvgIpc) is 2.43. The Hall–Kier alpha value is -1.71. The summed E-state index contributed by atoms with van der Waals surface area (Å²) < 4.78 is 0. The lowest BCUT2D eigenvalue weighted by Gasteiger charge is -2.24. The van der Waals surface area contributed by atoms with E-state index in [1.54, 1.807) is 12.1 Å². The molecule has 0 fully saturated rings. The second-order valence-electron chi connectivity index (χ2n) is 4.19. The first-order valence-electron chi connectivity index (χ1n) is 5.75. The van der Waals surface area contributed by atoms with Gasteiger partial charge in [-0.1, -0.05) is 41.4 Å². The van der Waals surface area contributed by atoms with E-state index in [-0.39, 0.29) is 5.78 Å². The molecule has 0 aliphatic carbocycles. The molecule has 2 N–H and O–H groups in total. The highest BCUT2D eigenvalue weighted by atomic mass is 35.5. The number of carbonyl (C=O) groups excluding carboxylic acids is 1. The van der Waals surface area contributed by atoms with E-state index in [2.05, 4.69) is 10.6 Å². The van der Waals surface area contributed by atoms with Crippen molar-refractivity contribution in [3.05, 3.63) is 48.0 Å². The number of nitrogens with one attached hydrogen (secondary N) is 2. The van der Waals surface area contributed by atoms with Crippen molar-refractivity contribution in [3.8, 4) is 0 Å². The first-order valence-corrected chi connectivity index (χ1v) is 6.62. The molecule has 0 amide bonds. The van der Waals surface area contributed by atoms with Gasteiger partial charge in [0.25, 0.3) is 0 Å². The highest BCUT2D eigenvalue weighted by Gasteiger charge is 2.23. The zero-order valence-corrected chi connectivity index (χ0v) is 11.3. The Kier molecular flexibility index (Phi) is 3.09. The minimum Gasteiger partial charge on any atom is -0.352 e. The van der Waals surface area contributed by atoms with Crippen LogP contribution >= 0.6 is 23.2 Å². The first kappa shape index (κ1) is 12.3. The SMILES string of the molecule is O=C(c1cccc2c1Nc1ccccc1N2)C(Cl)Cl. The van der Waals surface area contributed by atoms with E-state index >= 15 is 0 Å². The molecule has 0 saturated heterocycles. The van der Waals surface area contributed by atoms with Gasteiger partial charge in [0.15, 0.2) is 10.6 Å². The summed E-state index contributed by atoms with van der Waals surface area (Å²) in [5.74, 6) is -0.311. The van der Waals surface area contributed by atoms with Gasteiger partial charge in [-0.15, -0.1) is 0 Å². The maximum Gasteiger partial charge on any atom is 0.197 e. The van der Waals surface area contributed by atoms with Crippen molar-refractivity contribution in [3.63, 3.8) is 0 Å². The van der Waals surface area contributed by atoms with Crippen LogP contribution in [0.25, 0.3) is 0 Å². The smallest absolute Gasteiger partial charge is 0.197 e. The largest absolute Gasteiger partial charge is 0.352 e. The molecule has 0 radical (unpaired) electrons. The Morgan fingerprint density at radius 2 is 1.53 bits per heavy atom. The number of ketones is 1. The van der Waals surface area contributed by atoms with Crippen molar-refractivity contribution >= 4 is 51.7 Å². The van der Waals surface area contributed by atoms with Crippen molar-refractivity contribution < 1.29 is 4.79 Å². The molecule has 19 heavy (non-hydrogen) atoms. The van der Waals surface area contributed by atoms with Gasteiger partial charge in [0.05, 0.1) is 22.7 Å². The lowest BCUT2D eigenvalue weighted by Crippen LogP contribution is -2.14. The summed E-state index contributed by atoms with van der Waals surface area (Å²) in [7, 11) is 0. The summed E-state index contributed by atoms with van der Waals surface area (Å²) in [6, 6.07) is 13.2. The fourth-order valence-corrected chi connectivity index (χ4v) is 2.33. The summed E-state index contributed by atoms with van der Waals surface area (Å²) in [6.45, 7) is 0. The minimum atomic E-state index is -1.06. The maximum atomic E-state index is 12.0. The van der Waals surface area contributed by atoms with Gasteiger partial charge >= 0.3 is 0 Å². The molecule has 0 bridgehead atoms. The number of hydrogen-bond donors (Lipinski definition) is 2. The van der Waals surface area contributed by atoms with Crippen LogP contribution in [-0.2, 0) is 0 Å². The number of anilines is 4. The minimum absolute atomic E-state index is 0.311. The van der Waals surface area contributed by atoms with Gasteiger partial charge in [-0.05, 0) is 24.3 Å². The number of alkyl halides is 2. The Labute approximate surface area is 120 Å². The van der Waals surface area contributed by atoms with Gasteiger partial charge in [0.1, 0.15) is 0 Å². The summed E-state index contributed by atoms with van der Waals surface area (Å²) in [4.78, 5) is 10.9. The van der Waals surface area contributed by atoms with Crippen LogP contribution < -0.4 is 10.6 Å². The first-order chi connectivity index (χ1) is 9.16. The predicted molar refractivity (Wildman–Crippen MR) is 79.3 cm³/mol. The third-order valence-corrected chi connectivity index (χ3v) is 3.38. The number of Topliss-reactive ketones (excluding diaryl/α,β-unsaturated/α-hetero) is 1. The van der Waals surface area contributed by atoms with Crippen LogP contribution in [0.3, 0.4) is 0 Å². The molecule has 0 atom stereocenters. The molecular formula is C14H10Cl2N2O. The van der Waals surface area contributed by atoms with Crippen LogP contribution in [0, 0.1) is 0 Å². The Bertz CT molecular complexity index is 656.